The summed E-state index contributed by atoms with van der Waals surface area (Å²) in [5.74, 6) is 0. The van der Waals surface area contributed by atoms with Gasteiger partial charge in [0.15, 0.2) is 0 Å². The highest BCUT2D eigenvalue weighted by atomic mass is 32.2. The Labute approximate surface area is 119 Å². The molecule has 0 bridgehead atoms. The van der Waals surface area contributed by atoms with Crippen LogP contribution in [-0.4, -0.2) is 28.8 Å². The minimum absolute atomic E-state index is 0.103. The first kappa shape index (κ1) is 13.5. The first-order chi connectivity index (χ1) is 9.38. The van der Waals surface area contributed by atoms with E-state index in [9.17, 15) is 8.42 Å². The first-order valence-electron chi connectivity index (χ1n) is 6.67. The van der Waals surface area contributed by atoms with Crippen molar-refractivity contribution < 1.29 is 13.3 Å². The quantitative estimate of drug-likeness (QED) is 0.871. The van der Waals surface area contributed by atoms with E-state index in [4.69, 9.17) is 0 Å². The monoisotopic (exact) mass is 291 g/mol. The number of quaternary nitrogens is 1. The maximum absolute atomic E-state index is 11.7. The summed E-state index contributed by atoms with van der Waals surface area (Å²) in [5, 5.41) is 2.37. The summed E-state index contributed by atoms with van der Waals surface area (Å²) >= 11 is 0. The van der Waals surface area contributed by atoms with E-state index in [-0.39, 0.29) is 12.1 Å². The van der Waals surface area contributed by atoms with Gasteiger partial charge in [0.25, 0.3) is 0 Å². The minimum atomic E-state index is -3.25. The molecule has 0 spiro atoms. The molecule has 0 saturated heterocycles. The highest BCUT2D eigenvalue weighted by molar-refractivity contribution is 7.88. The normalized spacial score (nSPS) is 21.8. The molecule has 4 nitrogen and oxygen atoms in total. The van der Waals surface area contributed by atoms with Gasteiger partial charge >= 0.3 is 0 Å². The average molecular weight is 291 g/mol. The Morgan fingerprint density at radius 1 is 1.05 bits per heavy atom. The van der Waals surface area contributed by atoms with Crippen LogP contribution in [0.5, 0.6) is 0 Å². The van der Waals surface area contributed by atoms with Crippen LogP contribution >= 0.6 is 0 Å². The lowest BCUT2D eigenvalue weighted by molar-refractivity contribution is -0.894. The molecule has 0 amide bonds. The number of rotatable bonds is 3. The Morgan fingerprint density at radius 3 is 2.20 bits per heavy atom. The molecular formula is C15H19N2O2S+. The number of sulfonamides is 1. The molecule has 1 aliphatic rings. The van der Waals surface area contributed by atoms with E-state index in [1.165, 1.54) is 27.5 Å². The highest BCUT2D eigenvalue weighted by Crippen LogP contribution is 2.42. The number of hydrogen-bond donors (Lipinski definition) is 2. The fourth-order valence-corrected chi connectivity index (χ4v) is 4.01. The van der Waals surface area contributed by atoms with E-state index >= 15 is 0 Å². The van der Waals surface area contributed by atoms with E-state index in [0.29, 0.717) is 0 Å². The summed E-state index contributed by atoms with van der Waals surface area (Å²) < 4.78 is 26.2. The lowest BCUT2D eigenvalue weighted by atomic mass is 10.0. The molecule has 2 atom stereocenters. The van der Waals surface area contributed by atoms with Gasteiger partial charge < -0.3 is 4.90 Å². The summed E-state index contributed by atoms with van der Waals surface area (Å²) in [6.07, 6.45) is 1.22. The predicted molar refractivity (Wildman–Crippen MR) is 80.2 cm³/mol. The third kappa shape index (κ3) is 2.12. The largest absolute Gasteiger partial charge is 0.332 e. The van der Waals surface area contributed by atoms with E-state index in [2.05, 4.69) is 37.0 Å². The maximum Gasteiger partial charge on any atom is 0.209 e. The molecule has 0 heterocycles. The van der Waals surface area contributed by atoms with Gasteiger partial charge in [-0.3, -0.25) is 0 Å². The van der Waals surface area contributed by atoms with Crippen molar-refractivity contribution >= 4 is 20.8 Å². The smallest absolute Gasteiger partial charge is 0.209 e. The molecule has 0 aliphatic heterocycles. The number of benzene rings is 2. The SMILES string of the molecule is C[NH+](C)[C@H]1c2cccc3cccc(c23)[C@H]1NS(C)(=O)=O. The van der Waals surface area contributed by atoms with Crippen LogP contribution in [0.25, 0.3) is 10.8 Å². The number of likely N-dealkylation sites (N-methyl/N-ethyl adjacent to an activating group) is 1. The molecule has 2 aromatic rings. The van der Waals surface area contributed by atoms with Gasteiger partial charge in [0.05, 0.1) is 20.4 Å². The van der Waals surface area contributed by atoms with Crippen LogP contribution in [0.15, 0.2) is 36.4 Å². The Balaban J connectivity index is 2.24. The van der Waals surface area contributed by atoms with Crippen molar-refractivity contribution in [1.29, 1.82) is 0 Å². The molecule has 5 heteroatoms. The van der Waals surface area contributed by atoms with Crippen LogP contribution < -0.4 is 9.62 Å². The molecule has 20 heavy (non-hydrogen) atoms. The van der Waals surface area contributed by atoms with Crippen molar-refractivity contribution in [2.75, 3.05) is 20.4 Å². The lowest BCUT2D eigenvalue weighted by Gasteiger charge is -2.25. The molecule has 106 valence electrons. The number of nitrogens with one attached hydrogen (secondary N) is 2. The van der Waals surface area contributed by atoms with Crippen LogP contribution in [-0.2, 0) is 10.0 Å². The molecule has 2 aromatic carbocycles. The predicted octanol–water partition coefficient (Wildman–Crippen LogP) is 0.629. The van der Waals surface area contributed by atoms with E-state index < -0.39 is 10.0 Å². The van der Waals surface area contributed by atoms with Gasteiger partial charge in [0, 0.05) is 5.56 Å². The topological polar surface area (TPSA) is 50.6 Å². The molecule has 0 unspecified atom stereocenters. The molecule has 0 aromatic heterocycles. The molecule has 1 aliphatic carbocycles. The second-order valence-electron chi connectivity index (χ2n) is 5.72. The first-order valence-corrected chi connectivity index (χ1v) is 8.56. The second-order valence-corrected chi connectivity index (χ2v) is 7.50. The van der Waals surface area contributed by atoms with Crippen molar-refractivity contribution in [3.8, 4) is 0 Å². The Hall–Kier alpha value is -1.43. The average Bonchev–Trinajstić information content (AvgIpc) is 2.64. The summed E-state index contributed by atoms with van der Waals surface area (Å²) in [4.78, 5) is 1.22. The Bertz CT molecular complexity index is 763. The van der Waals surface area contributed by atoms with Gasteiger partial charge in [0.2, 0.25) is 10.0 Å². The van der Waals surface area contributed by atoms with Crippen molar-refractivity contribution in [2.45, 2.75) is 12.1 Å². The van der Waals surface area contributed by atoms with Crippen molar-refractivity contribution in [3.05, 3.63) is 47.5 Å². The van der Waals surface area contributed by atoms with Crippen LogP contribution in [0.3, 0.4) is 0 Å². The molecule has 0 saturated carbocycles. The third-order valence-electron chi connectivity index (χ3n) is 3.94. The van der Waals surface area contributed by atoms with Crippen LogP contribution in [0.1, 0.15) is 23.2 Å². The standard InChI is InChI=1S/C15H18N2O2S/c1-17(2)15-12-9-5-7-10-6-4-8-11(13(10)12)14(15)16-20(3,18)19/h4-9,14-16H,1-3H3/p+1/t14-,15+/m1/s1. The van der Waals surface area contributed by atoms with Crippen molar-refractivity contribution in [1.82, 2.24) is 4.72 Å². The van der Waals surface area contributed by atoms with Gasteiger partial charge in [-0.1, -0.05) is 36.4 Å². The van der Waals surface area contributed by atoms with Gasteiger partial charge in [0.1, 0.15) is 12.1 Å². The molecule has 2 N–H and O–H groups in total. The zero-order valence-electron chi connectivity index (χ0n) is 11.8. The summed E-state index contributed by atoms with van der Waals surface area (Å²) in [7, 11) is 0.872. The van der Waals surface area contributed by atoms with Crippen LogP contribution in [0.2, 0.25) is 0 Å². The van der Waals surface area contributed by atoms with Crippen molar-refractivity contribution in [3.63, 3.8) is 0 Å². The molecule has 0 radical (unpaired) electrons. The Morgan fingerprint density at radius 2 is 1.65 bits per heavy atom. The van der Waals surface area contributed by atoms with Gasteiger partial charge in [-0.2, -0.15) is 0 Å². The van der Waals surface area contributed by atoms with Crippen LogP contribution in [0.4, 0.5) is 0 Å². The summed E-state index contributed by atoms with van der Waals surface area (Å²) in [6.45, 7) is 0. The third-order valence-corrected chi connectivity index (χ3v) is 4.62. The Kier molecular flexibility index (Phi) is 3.08. The van der Waals surface area contributed by atoms with Gasteiger partial charge in [-0.05, 0) is 16.3 Å². The molecule has 0 fully saturated rings. The van der Waals surface area contributed by atoms with E-state index in [1.54, 1.807) is 0 Å². The van der Waals surface area contributed by atoms with Crippen molar-refractivity contribution in [2.24, 2.45) is 0 Å². The summed E-state index contributed by atoms with van der Waals surface area (Å²) in [5.41, 5.74) is 2.30. The minimum Gasteiger partial charge on any atom is -0.332 e. The fourth-order valence-electron chi connectivity index (χ4n) is 3.28. The zero-order chi connectivity index (χ0) is 14.5. The van der Waals surface area contributed by atoms with Gasteiger partial charge in [-0.15, -0.1) is 0 Å². The molecular weight excluding hydrogens is 272 g/mol. The second kappa shape index (κ2) is 4.55. The van der Waals surface area contributed by atoms with E-state index in [0.717, 1.165) is 5.56 Å². The fraction of sp³-hybridized carbons (Fsp3) is 0.333. The lowest BCUT2D eigenvalue weighted by Crippen LogP contribution is -3.06. The maximum atomic E-state index is 11.7. The summed E-state index contributed by atoms with van der Waals surface area (Å²) in [6, 6.07) is 12.2. The molecule has 3 rings (SSSR count). The number of hydrogen-bond acceptors (Lipinski definition) is 2. The van der Waals surface area contributed by atoms with E-state index in [1.807, 2.05) is 18.2 Å². The highest BCUT2D eigenvalue weighted by Gasteiger charge is 2.39. The zero-order valence-corrected chi connectivity index (χ0v) is 12.7. The van der Waals surface area contributed by atoms with Crippen LogP contribution in [0, 0.1) is 0 Å². The van der Waals surface area contributed by atoms with Gasteiger partial charge in [-0.25, -0.2) is 13.1 Å².